The summed E-state index contributed by atoms with van der Waals surface area (Å²) >= 11 is 0. The SMILES string of the molecule is C=C/C(=C(/Cc1noc(=O)n1C)N(C)N)[C@H](C)C(CC=O)C(C)O. The highest BCUT2D eigenvalue weighted by atomic mass is 16.5. The van der Waals surface area contributed by atoms with Crippen molar-refractivity contribution in [2.45, 2.75) is 32.8 Å². The van der Waals surface area contributed by atoms with E-state index in [0.717, 1.165) is 11.9 Å². The first kappa shape index (κ1) is 19.9. The second-order valence-electron chi connectivity index (χ2n) is 5.91. The molecule has 1 heterocycles. The van der Waals surface area contributed by atoms with Gasteiger partial charge in [0.05, 0.1) is 12.5 Å². The second kappa shape index (κ2) is 8.60. The predicted octanol–water partition coefficient (Wildman–Crippen LogP) is 0.384. The Kier molecular flexibility index (Phi) is 7.12. The highest BCUT2D eigenvalue weighted by Crippen LogP contribution is 2.30. The van der Waals surface area contributed by atoms with Crippen LogP contribution in [0.3, 0.4) is 0 Å². The fourth-order valence-corrected chi connectivity index (χ4v) is 2.78. The predicted molar refractivity (Wildman–Crippen MR) is 89.6 cm³/mol. The maximum absolute atomic E-state index is 11.4. The summed E-state index contributed by atoms with van der Waals surface area (Å²) in [5.41, 5.74) is 1.46. The summed E-state index contributed by atoms with van der Waals surface area (Å²) in [6.07, 6.45) is 2.26. The van der Waals surface area contributed by atoms with Crippen molar-refractivity contribution < 1.29 is 14.4 Å². The van der Waals surface area contributed by atoms with Crippen LogP contribution in [0.2, 0.25) is 0 Å². The Morgan fingerprint density at radius 3 is 2.54 bits per heavy atom. The van der Waals surface area contributed by atoms with E-state index < -0.39 is 11.9 Å². The minimum absolute atomic E-state index is 0.169. The Balaban J connectivity index is 3.32. The van der Waals surface area contributed by atoms with Crippen LogP contribution in [0.5, 0.6) is 0 Å². The van der Waals surface area contributed by atoms with Crippen LogP contribution in [0, 0.1) is 11.8 Å². The Morgan fingerprint density at radius 1 is 1.54 bits per heavy atom. The van der Waals surface area contributed by atoms with Gasteiger partial charge in [-0.15, -0.1) is 0 Å². The average molecular weight is 338 g/mol. The summed E-state index contributed by atoms with van der Waals surface area (Å²) in [5.74, 6) is 5.38. The lowest BCUT2D eigenvalue weighted by atomic mass is 9.81. The third-order valence-electron chi connectivity index (χ3n) is 4.32. The molecule has 0 amide bonds. The van der Waals surface area contributed by atoms with E-state index in [2.05, 4.69) is 16.3 Å². The Labute approximate surface area is 141 Å². The van der Waals surface area contributed by atoms with E-state index in [9.17, 15) is 14.7 Å². The first-order valence-electron chi connectivity index (χ1n) is 7.71. The van der Waals surface area contributed by atoms with Gasteiger partial charge in [-0.05, 0) is 24.3 Å². The van der Waals surface area contributed by atoms with Crippen LogP contribution in [0.4, 0.5) is 0 Å². The first-order chi connectivity index (χ1) is 11.2. The number of allylic oxidation sites excluding steroid dienone is 3. The van der Waals surface area contributed by atoms with Crippen LogP contribution in [-0.2, 0) is 18.3 Å². The maximum atomic E-state index is 11.4. The third kappa shape index (κ3) is 4.42. The molecule has 0 aliphatic rings. The molecule has 8 heteroatoms. The van der Waals surface area contributed by atoms with Gasteiger partial charge in [-0.25, -0.2) is 10.6 Å². The van der Waals surface area contributed by atoms with E-state index in [1.807, 2.05) is 6.92 Å². The van der Waals surface area contributed by atoms with E-state index in [1.165, 1.54) is 9.58 Å². The van der Waals surface area contributed by atoms with Crippen LogP contribution < -0.4 is 11.6 Å². The van der Waals surface area contributed by atoms with Crippen LogP contribution >= 0.6 is 0 Å². The van der Waals surface area contributed by atoms with E-state index in [-0.39, 0.29) is 24.7 Å². The van der Waals surface area contributed by atoms with Crippen molar-refractivity contribution in [2.75, 3.05) is 7.05 Å². The van der Waals surface area contributed by atoms with Gasteiger partial charge >= 0.3 is 5.76 Å². The molecule has 0 aromatic carbocycles. The topological polar surface area (TPSA) is 115 Å². The number of aliphatic hydroxyl groups is 1. The molecule has 1 aromatic heterocycles. The Morgan fingerprint density at radius 2 is 2.17 bits per heavy atom. The zero-order chi connectivity index (χ0) is 18.4. The van der Waals surface area contributed by atoms with Gasteiger partial charge in [0.25, 0.3) is 0 Å². The molecule has 0 saturated carbocycles. The van der Waals surface area contributed by atoms with Crippen molar-refractivity contribution in [3.05, 3.63) is 40.3 Å². The summed E-state index contributed by atoms with van der Waals surface area (Å²) in [6.45, 7) is 7.39. The van der Waals surface area contributed by atoms with Crippen LogP contribution in [0.15, 0.2) is 33.2 Å². The van der Waals surface area contributed by atoms with Crippen molar-refractivity contribution >= 4 is 6.29 Å². The minimum Gasteiger partial charge on any atom is -0.393 e. The van der Waals surface area contributed by atoms with Crippen molar-refractivity contribution in [2.24, 2.45) is 24.7 Å². The first-order valence-corrected chi connectivity index (χ1v) is 7.71. The van der Waals surface area contributed by atoms with Gasteiger partial charge in [0, 0.05) is 26.2 Å². The van der Waals surface area contributed by atoms with Crippen LogP contribution in [0.1, 0.15) is 26.1 Å². The monoisotopic (exact) mass is 338 g/mol. The number of aromatic nitrogens is 2. The van der Waals surface area contributed by atoms with Crippen LogP contribution in [-0.4, -0.2) is 39.3 Å². The van der Waals surface area contributed by atoms with Gasteiger partial charge in [-0.1, -0.05) is 24.7 Å². The molecular weight excluding hydrogens is 312 g/mol. The van der Waals surface area contributed by atoms with Crippen LogP contribution in [0.25, 0.3) is 0 Å². The molecule has 0 fully saturated rings. The summed E-state index contributed by atoms with van der Waals surface area (Å²) in [4.78, 5) is 22.4. The van der Waals surface area contributed by atoms with E-state index in [4.69, 9.17) is 5.84 Å². The molecule has 2 unspecified atom stereocenters. The largest absolute Gasteiger partial charge is 0.441 e. The molecule has 1 aromatic rings. The Bertz CT molecular complexity index is 657. The van der Waals surface area contributed by atoms with E-state index in [0.29, 0.717) is 11.5 Å². The summed E-state index contributed by atoms with van der Waals surface area (Å²) in [6, 6.07) is 0. The standard InChI is InChI=1S/C16H26N4O4/c1-6-12(10(2)13(7-8-21)11(3)22)14(20(5)17)9-15-18-24-16(23)19(15)4/h6,8,10-11,13,22H,1,7,9,17H2,2-5H3/b14-12+/t10-,11?,13?/m0/s1. The zero-order valence-corrected chi connectivity index (χ0v) is 14.6. The highest BCUT2D eigenvalue weighted by molar-refractivity contribution is 5.50. The third-order valence-corrected chi connectivity index (χ3v) is 4.32. The maximum Gasteiger partial charge on any atom is 0.441 e. The molecule has 0 spiro atoms. The van der Waals surface area contributed by atoms with Crippen molar-refractivity contribution in [3.63, 3.8) is 0 Å². The number of hydrogen-bond acceptors (Lipinski definition) is 7. The molecule has 0 aliphatic carbocycles. The second-order valence-corrected chi connectivity index (χ2v) is 5.91. The minimum atomic E-state index is -0.666. The number of hydrazine groups is 1. The molecule has 0 aliphatic heterocycles. The number of hydrogen-bond donors (Lipinski definition) is 2. The molecule has 3 atom stereocenters. The lowest BCUT2D eigenvalue weighted by Crippen LogP contribution is -2.32. The summed E-state index contributed by atoms with van der Waals surface area (Å²) in [7, 11) is 3.23. The lowest BCUT2D eigenvalue weighted by Gasteiger charge is -2.29. The average Bonchev–Trinajstić information content (AvgIpc) is 2.83. The number of rotatable bonds is 9. The number of carbonyl (C=O) groups is 1. The molecule has 0 bridgehead atoms. The van der Waals surface area contributed by atoms with Gasteiger partial charge in [-0.3, -0.25) is 9.09 Å². The molecule has 8 nitrogen and oxygen atoms in total. The van der Waals surface area contributed by atoms with Gasteiger partial charge in [-0.2, -0.15) is 0 Å². The smallest absolute Gasteiger partial charge is 0.393 e. The van der Waals surface area contributed by atoms with Gasteiger partial charge in [0.2, 0.25) is 0 Å². The van der Waals surface area contributed by atoms with Gasteiger partial charge < -0.3 is 14.9 Å². The molecule has 0 saturated heterocycles. The number of carbonyl (C=O) groups excluding carboxylic acids is 1. The van der Waals surface area contributed by atoms with Gasteiger partial charge in [0.15, 0.2) is 5.82 Å². The summed E-state index contributed by atoms with van der Waals surface area (Å²) < 4.78 is 5.94. The Hall–Kier alpha value is -2.19. The molecule has 24 heavy (non-hydrogen) atoms. The lowest BCUT2D eigenvalue weighted by molar-refractivity contribution is -0.109. The number of likely N-dealkylation sites (N-methyl/N-ethyl adjacent to an activating group) is 1. The molecule has 134 valence electrons. The van der Waals surface area contributed by atoms with Gasteiger partial charge in [0.1, 0.15) is 6.29 Å². The van der Waals surface area contributed by atoms with Crippen molar-refractivity contribution in [1.29, 1.82) is 0 Å². The number of nitrogens with two attached hydrogens (primary N) is 1. The zero-order valence-electron chi connectivity index (χ0n) is 14.6. The molecule has 3 N–H and O–H groups in total. The fourth-order valence-electron chi connectivity index (χ4n) is 2.78. The molecular formula is C16H26N4O4. The normalized spacial score (nSPS) is 16.1. The molecule has 0 radical (unpaired) electrons. The van der Waals surface area contributed by atoms with Crippen molar-refractivity contribution in [1.82, 2.24) is 14.7 Å². The van der Waals surface area contributed by atoms with Crippen molar-refractivity contribution in [3.8, 4) is 0 Å². The highest BCUT2D eigenvalue weighted by Gasteiger charge is 2.27. The quantitative estimate of drug-likeness (QED) is 0.289. The summed E-state index contributed by atoms with van der Waals surface area (Å²) in [5, 5.41) is 15.2. The molecule has 1 rings (SSSR count). The number of nitrogens with zero attached hydrogens (tertiary/aromatic N) is 3. The van der Waals surface area contributed by atoms with E-state index >= 15 is 0 Å². The van der Waals surface area contributed by atoms with E-state index in [1.54, 1.807) is 27.1 Å². The number of aliphatic hydroxyl groups excluding tert-OH is 1. The number of aldehydes is 1. The fraction of sp³-hybridized carbons (Fsp3) is 0.562.